The summed E-state index contributed by atoms with van der Waals surface area (Å²) in [6, 6.07) is 2.80. The third-order valence-corrected chi connectivity index (χ3v) is 4.81. The smallest absolute Gasteiger partial charge is 0.252 e. The second-order valence-corrected chi connectivity index (χ2v) is 6.44. The van der Waals surface area contributed by atoms with Crippen LogP contribution >= 0.6 is 0 Å². The highest BCUT2D eigenvalue weighted by Crippen LogP contribution is 2.38. The molecule has 0 aromatic carbocycles. The van der Waals surface area contributed by atoms with Crippen molar-refractivity contribution in [3.05, 3.63) is 22.2 Å². The van der Waals surface area contributed by atoms with Crippen molar-refractivity contribution >= 4 is 5.82 Å². The van der Waals surface area contributed by atoms with Crippen LogP contribution in [0.15, 0.2) is 10.9 Å². The Kier molecular flexibility index (Phi) is 4.29. The maximum Gasteiger partial charge on any atom is 0.252 e. The largest absolute Gasteiger partial charge is 0.356 e. The van der Waals surface area contributed by atoms with Crippen LogP contribution in [-0.4, -0.2) is 35.6 Å². The quantitative estimate of drug-likeness (QED) is 0.871. The Labute approximate surface area is 126 Å². The molecule has 5 heteroatoms. The van der Waals surface area contributed by atoms with Crippen molar-refractivity contribution < 1.29 is 0 Å². The Bertz CT molecular complexity index is 529. The van der Waals surface area contributed by atoms with Crippen molar-refractivity contribution in [1.82, 2.24) is 15.3 Å². The molecule has 1 aromatic heterocycles. The van der Waals surface area contributed by atoms with Gasteiger partial charge in [0.05, 0.1) is 0 Å². The molecule has 116 valence electrons. The van der Waals surface area contributed by atoms with Crippen LogP contribution in [-0.2, 0) is 0 Å². The zero-order valence-corrected chi connectivity index (χ0v) is 13.1. The molecule has 0 amide bonds. The Morgan fingerprint density at radius 1 is 1.29 bits per heavy atom. The topological polar surface area (TPSA) is 61.0 Å². The van der Waals surface area contributed by atoms with Gasteiger partial charge < -0.3 is 15.2 Å². The highest BCUT2D eigenvalue weighted by molar-refractivity contribution is 5.38. The Morgan fingerprint density at radius 2 is 2.00 bits per heavy atom. The van der Waals surface area contributed by atoms with Crippen molar-refractivity contribution in [2.24, 2.45) is 0 Å². The number of anilines is 1. The van der Waals surface area contributed by atoms with E-state index in [4.69, 9.17) is 0 Å². The van der Waals surface area contributed by atoms with Gasteiger partial charge in [0.25, 0.3) is 5.56 Å². The van der Waals surface area contributed by atoms with E-state index in [1.807, 2.05) is 0 Å². The lowest BCUT2D eigenvalue weighted by Gasteiger charge is -2.35. The van der Waals surface area contributed by atoms with E-state index in [0.29, 0.717) is 18.0 Å². The summed E-state index contributed by atoms with van der Waals surface area (Å²) in [5.74, 6) is 2.20. The van der Waals surface area contributed by atoms with Gasteiger partial charge in [-0.15, -0.1) is 0 Å². The number of nitrogens with one attached hydrogen (secondary N) is 2. The lowest BCUT2D eigenvalue weighted by molar-refractivity contribution is 0.340. The number of hydrogen-bond donors (Lipinski definition) is 2. The van der Waals surface area contributed by atoms with Gasteiger partial charge in [-0.05, 0) is 45.1 Å². The van der Waals surface area contributed by atoms with E-state index >= 15 is 0 Å². The molecular formula is C16H26N4O. The van der Waals surface area contributed by atoms with Crippen molar-refractivity contribution in [3.8, 4) is 0 Å². The Balaban J connectivity index is 1.68. The third-order valence-electron chi connectivity index (χ3n) is 4.81. The predicted molar refractivity (Wildman–Crippen MR) is 85.0 cm³/mol. The molecule has 0 unspecified atom stereocenters. The first-order valence-corrected chi connectivity index (χ1v) is 8.25. The van der Waals surface area contributed by atoms with E-state index in [-0.39, 0.29) is 5.56 Å². The van der Waals surface area contributed by atoms with E-state index < -0.39 is 0 Å². The molecule has 2 fully saturated rings. The van der Waals surface area contributed by atoms with Crippen molar-refractivity contribution in [2.75, 3.05) is 18.5 Å². The van der Waals surface area contributed by atoms with Crippen LogP contribution in [0.25, 0.3) is 0 Å². The molecule has 2 aliphatic rings. The predicted octanol–water partition coefficient (Wildman–Crippen LogP) is 2.00. The fourth-order valence-electron chi connectivity index (χ4n) is 3.34. The lowest BCUT2D eigenvalue weighted by atomic mass is 9.90. The normalized spacial score (nSPS) is 25.8. The van der Waals surface area contributed by atoms with E-state index in [2.05, 4.69) is 34.2 Å². The van der Waals surface area contributed by atoms with Gasteiger partial charge in [-0.25, -0.2) is 4.98 Å². The van der Waals surface area contributed by atoms with Crippen LogP contribution in [0.1, 0.15) is 57.2 Å². The van der Waals surface area contributed by atoms with Gasteiger partial charge in [0.2, 0.25) is 0 Å². The van der Waals surface area contributed by atoms with Gasteiger partial charge in [-0.3, -0.25) is 4.79 Å². The van der Waals surface area contributed by atoms with Gasteiger partial charge >= 0.3 is 0 Å². The Morgan fingerprint density at radius 3 is 2.62 bits per heavy atom. The lowest BCUT2D eigenvalue weighted by Crippen LogP contribution is -2.41. The van der Waals surface area contributed by atoms with Gasteiger partial charge in [-0.2, -0.15) is 0 Å². The molecule has 3 rings (SSSR count). The zero-order valence-electron chi connectivity index (χ0n) is 13.1. The van der Waals surface area contributed by atoms with Gasteiger partial charge in [0, 0.05) is 31.1 Å². The molecular weight excluding hydrogens is 264 g/mol. The Hall–Kier alpha value is -1.36. The maximum atomic E-state index is 11.8. The average molecular weight is 290 g/mol. The van der Waals surface area contributed by atoms with E-state index in [1.54, 1.807) is 6.07 Å². The summed E-state index contributed by atoms with van der Waals surface area (Å²) >= 11 is 0. The van der Waals surface area contributed by atoms with Crippen molar-refractivity contribution in [1.29, 1.82) is 0 Å². The number of aromatic amines is 1. The average Bonchev–Trinajstić information content (AvgIpc) is 3.32. The third kappa shape index (κ3) is 3.46. The number of nitrogens with zero attached hydrogens (tertiary/aromatic N) is 2. The number of aromatic nitrogens is 2. The molecule has 0 bridgehead atoms. The fraction of sp³-hybridized carbons (Fsp3) is 0.750. The molecule has 0 radical (unpaired) electrons. The molecule has 2 aliphatic carbocycles. The fourth-order valence-corrected chi connectivity index (χ4v) is 3.34. The van der Waals surface area contributed by atoms with Crippen LogP contribution in [0.5, 0.6) is 0 Å². The second kappa shape index (κ2) is 6.18. The minimum absolute atomic E-state index is 0.0184. The standard InChI is InChI=1S/C16H26N4O/c1-3-17-12-6-8-13(9-7-12)20(2)14-10-15(21)19-16(18-14)11-4-5-11/h10-13,17H,3-9H2,1-2H3,(H,18,19,21). The molecule has 0 atom stereocenters. The van der Waals surface area contributed by atoms with Crippen molar-refractivity contribution in [3.63, 3.8) is 0 Å². The molecule has 2 N–H and O–H groups in total. The second-order valence-electron chi connectivity index (χ2n) is 6.44. The van der Waals surface area contributed by atoms with E-state index in [0.717, 1.165) is 31.0 Å². The minimum atomic E-state index is -0.0184. The van der Waals surface area contributed by atoms with Crippen LogP contribution in [0, 0.1) is 0 Å². The van der Waals surface area contributed by atoms with Gasteiger partial charge in [0.15, 0.2) is 0 Å². The first-order chi connectivity index (χ1) is 10.2. The minimum Gasteiger partial charge on any atom is -0.356 e. The van der Waals surface area contributed by atoms with Crippen molar-refractivity contribution in [2.45, 2.75) is 63.5 Å². The van der Waals surface area contributed by atoms with E-state index in [9.17, 15) is 4.79 Å². The SMILES string of the molecule is CCNC1CCC(N(C)c2cc(=O)[nH]c(C3CC3)n2)CC1. The molecule has 0 spiro atoms. The van der Waals surface area contributed by atoms with Crippen LogP contribution in [0.3, 0.4) is 0 Å². The van der Waals surface area contributed by atoms with Crippen LogP contribution in [0.4, 0.5) is 5.82 Å². The number of H-pyrrole nitrogens is 1. The summed E-state index contributed by atoms with van der Waals surface area (Å²) in [7, 11) is 2.08. The van der Waals surface area contributed by atoms with Gasteiger partial charge in [-0.1, -0.05) is 6.92 Å². The van der Waals surface area contributed by atoms with E-state index in [1.165, 1.54) is 25.7 Å². The van der Waals surface area contributed by atoms with Gasteiger partial charge in [0.1, 0.15) is 11.6 Å². The summed E-state index contributed by atoms with van der Waals surface area (Å²) in [6.45, 7) is 3.21. The molecule has 0 aliphatic heterocycles. The first kappa shape index (κ1) is 14.6. The highest BCUT2D eigenvalue weighted by atomic mass is 16.1. The molecule has 1 heterocycles. The zero-order chi connectivity index (χ0) is 14.8. The molecule has 5 nitrogen and oxygen atoms in total. The summed E-state index contributed by atoms with van der Waals surface area (Å²) in [6.07, 6.45) is 7.07. The summed E-state index contributed by atoms with van der Waals surface area (Å²) in [5, 5.41) is 3.54. The highest BCUT2D eigenvalue weighted by Gasteiger charge is 2.28. The maximum absolute atomic E-state index is 11.8. The molecule has 1 aromatic rings. The molecule has 2 saturated carbocycles. The summed E-state index contributed by atoms with van der Waals surface area (Å²) < 4.78 is 0. The number of rotatable bonds is 5. The van der Waals surface area contributed by atoms with Crippen LogP contribution in [0.2, 0.25) is 0 Å². The monoisotopic (exact) mass is 290 g/mol. The molecule has 0 saturated heterocycles. The van der Waals surface area contributed by atoms with Crippen LogP contribution < -0.4 is 15.8 Å². The number of hydrogen-bond acceptors (Lipinski definition) is 4. The summed E-state index contributed by atoms with van der Waals surface area (Å²) in [5.41, 5.74) is -0.0184. The first-order valence-electron chi connectivity index (χ1n) is 8.25. The molecule has 21 heavy (non-hydrogen) atoms. The summed E-state index contributed by atoms with van der Waals surface area (Å²) in [4.78, 5) is 21.6.